The molecule has 19 heteroatoms. The predicted molar refractivity (Wildman–Crippen MR) is 172 cm³/mol. The number of hydrogen-bond donors (Lipinski definition) is 9. The zero-order valence-corrected chi connectivity index (χ0v) is 28.9. The van der Waals surface area contributed by atoms with Crippen molar-refractivity contribution in [3.05, 3.63) is 35.4 Å². The summed E-state index contributed by atoms with van der Waals surface area (Å²) in [6.45, 7) is -1.23. The van der Waals surface area contributed by atoms with Crippen LogP contribution in [0.1, 0.15) is 35.4 Å². The summed E-state index contributed by atoms with van der Waals surface area (Å²) < 4.78 is 51.4. The van der Waals surface area contributed by atoms with E-state index in [0.29, 0.717) is 0 Å². The average Bonchev–Trinajstić information content (AvgIpc) is 3.60. The molecule has 0 saturated carbocycles. The molecule has 0 spiro atoms. The van der Waals surface area contributed by atoms with Gasteiger partial charge in [0.15, 0.2) is 36.0 Å². The van der Waals surface area contributed by atoms with Gasteiger partial charge in [-0.05, 0) is 12.1 Å². The van der Waals surface area contributed by atoms with E-state index in [4.69, 9.17) is 42.6 Å². The van der Waals surface area contributed by atoms with Gasteiger partial charge in [-0.3, -0.25) is 4.79 Å². The minimum atomic E-state index is -2.12. The molecule has 0 amide bonds. The van der Waals surface area contributed by atoms with Crippen molar-refractivity contribution in [2.24, 2.45) is 5.41 Å². The van der Waals surface area contributed by atoms with Crippen LogP contribution in [0.25, 0.3) is 0 Å². The number of fused-ring (bicyclic) bond motifs is 1. The molecule has 0 bridgehead atoms. The molecule has 294 valence electrons. The molecule has 2 aromatic carbocycles. The van der Waals surface area contributed by atoms with Crippen LogP contribution in [0.2, 0.25) is 0 Å². The van der Waals surface area contributed by atoms with Crippen molar-refractivity contribution < 1.29 is 93.4 Å². The molecule has 12 atom stereocenters. The fourth-order valence-electron chi connectivity index (χ4n) is 6.60. The molecule has 4 heterocycles. The summed E-state index contributed by atoms with van der Waals surface area (Å²) in [5, 5.41) is 95.2. The summed E-state index contributed by atoms with van der Waals surface area (Å²) >= 11 is 0. The summed E-state index contributed by atoms with van der Waals surface area (Å²) in [5.74, 6) is -1.47. The van der Waals surface area contributed by atoms with E-state index >= 15 is 0 Å². The highest BCUT2D eigenvalue weighted by molar-refractivity contribution is 6.02. The van der Waals surface area contributed by atoms with Crippen LogP contribution in [0, 0.1) is 5.41 Å². The van der Waals surface area contributed by atoms with Crippen LogP contribution < -0.4 is 18.9 Å². The zero-order chi connectivity index (χ0) is 38.4. The lowest BCUT2D eigenvalue weighted by Gasteiger charge is -2.45. The van der Waals surface area contributed by atoms with E-state index in [1.807, 2.05) is 0 Å². The molecule has 9 N–H and O–H groups in total. The molecule has 6 rings (SSSR count). The largest absolute Gasteiger partial charge is 0.507 e. The number of ketones is 1. The fourth-order valence-corrected chi connectivity index (χ4v) is 6.60. The topological polar surface area (TPSA) is 282 Å². The molecular formula is C34H44O19. The second kappa shape index (κ2) is 15.3. The first-order chi connectivity index (χ1) is 25.2. The highest BCUT2D eigenvalue weighted by Gasteiger charge is 2.56. The van der Waals surface area contributed by atoms with Crippen LogP contribution in [0.4, 0.5) is 0 Å². The molecule has 0 aliphatic carbocycles. The minimum Gasteiger partial charge on any atom is -0.507 e. The van der Waals surface area contributed by atoms with Gasteiger partial charge >= 0.3 is 0 Å². The van der Waals surface area contributed by atoms with Crippen LogP contribution in [-0.4, -0.2) is 160 Å². The summed E-state index contributed by atoms with van der Waals surface area (Å²) in [7, 11) is 2.64. The van der Waals surface area contributed by atoms with E-state index in [1.165, 1.54) is 38.5 Å². The third-order valence-electron chi connectivity index (χ3n) is 9.96. The normalized spacial score (nSPS) is 36.9. The lowest BCUT2D eigenvalue weighted by molar-refractivity contribution is -0.340. The van der Waals surface area contributed by atoms with Gasteiger partial charge in [0.1, 0.15) is 65.0 Å². The van der Waals surface area contributed by atoms with Gasteiger partial charge in [0, 0.05) is 23.1 Å². The van der Waals surface area contributed by atoms with Crippen LogP contribution in [0.15, 0.2) is 24.3 Å². The second-order valence-electron chi connectivity index (χ2n) is 13.7. The first-order valence-corrected chi connectivity index (χ1v) is 16.7. The van der Waals surface area contributed by atoms with Crippen molar-refractivity contribution in [1.29, 1.82) is 0 Å². The number of phenolic OH excluding ortho intramolecular Hbond substituents is 2. The standard InChI is InChI=1S/C34H44O19/c1-33(10-36)12-47-31(28(33)42)52-26-22(9-35)50-30(27(24(26)41)53-32-29(43)34(44,11-37)13-48-32)51-25-18(40)4-14(5-21(25)46-3)19-8-17(39)23-16(38)6-15(45-2)7-20(23)49-19/h4-7,19,22,24,26-32,35-38,40-44H,8-13H2,1-3H3/t19-,22+,24-,26+,27+,28-,29-,30-,31-,32-,33-,34+/m0/s1. The zero-order valence-electron chi connectivity index (χ0n) is 28.9. The molecule has 4 aliphatic rings. The van der Waals surface area contributed by atoms with Gasteiger partial charge in [0.25, 0.3) is 0 Å². The molecule has 0 aromatic heterocycles. The summed E-state index contributed by atoms with van der Waals surface area (Å²) in [5.41, 5.74) is -2.98. The van der Waals surface area contributed by atoms with Crippen molar-refractivity contribution in [3.63, 3.8) is 0 Å². The average molecular weight is 757 g/mol. The maximum atomic E-state index is 13.0. The van der Waals surface area contributed by atoms with Gasteiger partial charge in [-0.1, -0.05) is 6.92 Å². The van der Waals surface area contributed by atoms with Gasteiger partial charge in [0.05, 0.1) is 53.7 Å². The number of benzene rings is 2. The smallest absolute Gasteiger partial charge is 0.230 e. The lowest BCUT2D eigenvalue weighted by Crippen LogP contribution is -2.64. The van der Waals surface area contributed by atoms with E-state index in [1.54, 1.807) is 6.92 Å². The Kier molecular flexibility index (Phi) is 11.3. The number of methoxy groups -OCH3 is 2. The fraction of sp³-hybridized carbons (Fsp3) is 0.618. The molecule has 53 heavy (non-hydrogen) atoms. The van der Waals surface area contributed by atoms with E-state index in [2.05, 4.69) is 0 Å². The van der Waals surface area contributed by atoms with Crippen LogP contribution in [0.5, 0.6) is 34.5 Å². The summed E-state index contributed by atoms with van der Waals surface area (Å²) in [6.07, 6.45) is -15.6. The quantitative estimate of drug-likeness (QED) is 0.116. The van der Waals surface area contributed by atoms with Gasteiger partial charge < -0.3 is 88.6 Å². The molecular weight excluding hydrogens is 712 g/mol. The van der Waals surface area contributed by atoms with Crippen LogP contribution in [0.3, 0.4) is 0 Å². The maximum absolute atomic E-state index is 13.0. The van der Waals surface area contributed by atoms with E-state index in [9.17, 15) is 50.8 Å². The SMILES string of the molecule is COc1cc(O)c2c(c1)O[C@H](c1cc(O)c(O[C@@H]3O[C@H](CO)[C@@H](O[C@@H]4OC[C@](C)(CO)[C@H]4O)[C@H](O)[C@H]3O[C@@H]3OC[C@](O)(CO)[C@H]3O)c(OC)c1)CC2=O. The van der Waals surface area contributed by atoms with Crippen molar-refractivity contribution in [2.75, 3.05) is 47.3 Å². The van der Waals surface area contributed by atoms with Gasteiger partial charge in [-0.2, -0.15) is 0 Å². The number of carbonyl (C=O) groups is 1. The first kappa shape index (κ1) is 39.1. The number of aliphatic hydroxyl groups excluding tert-OH is 6. The number of phenols is 2. The van der Waals surface area contributed by atoms with E-state index < -0.39 is 111 Å². The Balaban J connectivity index is 1.29. The molecule has 0 unspecified atom stereocenters. The van der Waals surface area contributed by atoms with Crippen molar-refractivity contribution >= 4 is 5.78 Å². The first-order valence-electron chi connectivity index (χ1n) is 16.7. The number of rotatable bonds is 12. The van der Waals surface area contributed by atoms with E-state index in [0.717, 1.165) is 0 Å². The highest BCUT2D eigenvalue weighted by atomic mass is 16.8. The van der Waals surface area contributed by atoms with Gasteiger partial charge in [0.2, 0.25) is 12.0 Å². The summed E-state index contributed by atoms with van der Waals surface area (Å²) in [4.78, 5) is 13.0. The van der Waals surface area contributed by atoms with Crippen LogP contribution >= 0.6 is 0 Å². The Labute approximate surface area is 302 Å². The van der Waals surface area contributed by atoms with Gasteiger partial charge in [-0.15, -0.1) is 0 Å². The molecule has 19 nitrogen and oxygen atoms in total. The predicted octanol–water partition coefficient (Wildman–Crippen LogP) is -1.79. The Morgan fingerprint density at radius 1 is 0.849 bits per heavy atom. The van der Waals surface area contributed by atoms with Crippen molar-refractivity contribution in [1.82, 2.24) is 0 Å². The number of carbonyl (C=O) groups excluding carboxylic acids is 1. The number of aliphatic hydroxyl groups is 7. The molecule has 2 aromatic rings. The maximum Gasteiger partial charge on any atom is 0.230 e. The number of ether oxygens (including phenoxy) is 9. The third-order valence-corrected chi connectivity index (χ3v) is 9.96. The Morgan fingerprint density at radius 2 is 1.55 bits per heavy atom. The molecule has 0 radical (unpaired) electrons. The van der Waals surface area contributed by atoms with Crippen molar-refractivity contribution in [3.8, 4) is 34.5 Å². The Bertz CT molecular complexity index is 1640. The van der Waals surface area contributed by atoms with Crippen LogP contribution in [-0.2, 0) is 23.7 Å². The summed E-state index contributed by atoms with van der Waals surface area (Å²) in [6, 6.07) is 5.35. The lowest BCUT2D eigenvalue weighted by atomic mass is 9.88. The monoisotopic (exact) mass is 756 g/mol. The third kappa shape index (κ3) is 7.20. The second-order valence-corrected chi connectivity index (χ2v) is 13.7. The van der Waals surface area contributed by atoms with Gasteiger partial charge in [-0.25, -0.2) is 0 Å². The molecule has 4 aliphatic heterocycles. The number of Topliss-reactive ketones (excluding diaryl/α,β-unsaturated/α-hetero) is 1. The molecule has 3 fully saturated rings. The highest BCUT2D eigenvalue weighted by Crippen LogP contribution is 2.47. The Morgan fingerprint density at radius 3 is 2.17 bits per heavy atom. The Hall–Kier alpha value is -3.57. The molecule has 3 saturated heterocycles. The van der Waals surface area contributed by atoms with E-state index in [-0.39, 0.29) is 52.9 Å². The number of aromatic hydroxyl groups is 2. The van der Waals surface area contributed by atoms with Crippen molar-refractivity contribution in [2.45, 2.75) is 80.5 Å². The number of hydrogen-bond acceptors (Lipinski definition) is 19. The minimum absolute atomic E-state index is 0.0248.